The van der Waals surface area contributed by atoms with Crippen molar-refractivity contribution in [1.29, 1.82) is 0 Å². The van der Waals surface area contributed by atoms with E-state index < -0.39 is 27.0 Å². The third-order valence-electron chi connectivity index (χ3n) is 3.31. The Morgan fingerprint density at radius 2 is 2.15 bits per heavy atom. The number of hydrogen-bond donors (Lipinski definition) is 1. The van der Waals surface area contributed by atoms with E-state index in [0.717, 1.165) is 0 Å². The van der Waals surface area contributed by atoms with Crippen LogP contribution in [-0.4, -0.2) is 37.6 Å². The van der Waals surface area contributed by atoms with E-state index in [1.54, 1.807) is 6.07 Å². The smallest absolute Gasteiger partial charge is 0.256 e. The first kappa shape index (κ1) is 15.4. The second-order valence-corrected chi connectivity index (χ2v) is 7.40. The number of sulfonamides is 1. The van der Waals surface area contributed by atoms with Gasteiger partial charge in [-0.25, -0.2) is 17.9 Å². The van der Waals surface area contributed by atoms with Gasteiger partial charge < -0.3 is 4.90 Å². The third kappa shape index (κ3) is 3.18. The first-order valence-electron chi connectivity index (χ1n) is 6.05. The Hall–Kier alpha value is -0.990. The summed E-state index contributed by atoms with van der Waals surface area (Å²) in [5, 5.41) is 4.34. The molecule has 5 nitrogen and oxygen atoms in total. The zero-order valence-electron chi connectivity index (χ0n) is 10.6. The second kappa shape index (κ2) is 5.79. The molecule has 1 aliphatic heterocycles. The summed E-state index contributed by atoms with van der Waals surface area (Å²) in [6.45, 7) is 0.403. The van der Waals surface area contributed by atoms with Crippen molar-refractivity contribution in [3.8, 4) is 0 Å². The van der Waals surface area contributed by atoms with Crippen LogP contribution in [0.1, 0.15) is 23.2 Å². The van der Waals surface area contributed by atoms with E-state index >= 15 is 0 Å². The Kier molecular flexibility index (Phi) is 4.46. The van der Waals surface area contributed by atoms with Gasteiger partial charge >= 0.3 is 0 Å². The topological polar surface area (TPSA) is 80.5 Å². The Bertz CT molecular complexity index is 636. The monoisotopic (exact) mass is 364 g/mol. The Morgan fingerprint density at radius 1 is 1.45 bits per heavy atom. The number of nitrogens with two attached hydrogens (primary N) is 1. The summed E-state index contributed by atoms with van der Waals surface area (Å²) >= 11 is 3.02. The molecule has 0 bridgehead atoms. The molecule has 1 heterocycles. The van der Waals surface area contributed by atoms with E-state index in [0.29, 0.717) is 19.4 Å². The molecule has 1 atom stereocenters. The summed E-state index contributed by atoms with van der Waals surface area (Å²) < 4.78 is 36.8. The number of piperidine rings is 1. The molecule has 0 aromatic heterocycles. The number of carbonyl (C=O) groups is 1. The minimum atomic E-state index is -3.69. The van der Waals surface area contributed by atoms with Gasteiger partial charge in [0, 0.05) is 13.1 Å². The van der Waals surface area contributed by atoms with E-state index in [1.807, 2.05) is 0 Å². The van der Waals surface area contributed by atoms with Crippen LogP contribution in [0.2, 0.25) is 0 Å². The fraction of sp³-hybridized carbons (Fsp3) is 0.417. The SMILES string of the molecule is NS(=O)(=O)C1CCCN(C(=O)c2cccc(Br)c2F)C1. The maximum absolute atomic E-state index is 13.9. The Balaban J connectivity index is 2.23. The number of primary sulfonamides is 1. The van der Waals surface area contributed by atoms with Gasteiger partial charge in [-0.05, 0) is 40.9 Å². The van der Waals surface area contributed by atoms with Crippen LogP contribution < -0.4 is 5.14 Å². The average Bonchev–Trinajstić information content (AvgIpc) is 2.40. The zero-order valence-corrected chi connectivity index (χ0v) is 13.0. The molecular weight excluding hydrogens is 351 g/mol. The van der Waals surface area contributed by atoms with Crippen LogP contribution in [0.25, 0.3) is 0 Å². The first-order valence-corrected chi connectivity index (χ1v) is 8.46. The van der Waals surface area contributed by atoms with E-state index in [4.69, 9.17) is 5.14 Å². The number of nitrogens with zero attached hydrogens (tertiary/aromatic N) is 1. The molecule has 1 saturated heterocycles. The first-order chi connectivity index (χ1) is 9.30. The van der Waals surface area contributed by atoms with Gasteiger partial charge in [0.05, 0.1) is 15.3 Å². The summed E-state index contributed by atoms with van der Waals surface area (Å²) in [6, 6.07) is 4.43. The quantitative estimate of drug-likeness (QED) is 0.862. The molecule has 1 unspecified atom stereocenters. The average molecular weight is 365 g/mol. The number of carbonyl (C=O) groups excluding carboxylic acids is 1. The Morgan fingerprint density at radius 3 is 2.80 bits per heavy atom. The molecule has 0 saturated carbocycles. The maximum atomic E-state index is 13.9. The molecule has 1 aromatic carbocycles. The molecule has 1 aromatic rings. The second-order valence-electron chi connectivity index (χ2n) is 4.71. The summed E-state index contributed by atoms with van der Waals surface area (Å²) in [6.07, 6.45) is 0.950. The molecule has 1 amide bonds. The van der Waals surface area contributed by atoms with Crippen LogP contribution in [0.5, 0.6) is 0 Å². The number of benzene rings is 1. The predicted molar refractivity (Wildman–Crippen MR) is 76.1 cm³/mol. The number of amides is 1. The van der Waals surface area contributed by atoms with Crippen molar-refractivity contribution in [2.75, 3.05) is 13.1 Å². The van der Waals surface area contributed by atoms with E-state index in [9.17, 15) is 17.6 Å². The molecule has 8 heteroatoms. The van der Waals surface area contributed by atoms with Crippen molar-refractivity contribution in [2.45, 2.75) is 18.1 Å². The minimum absolute atomic E-state index is 0.00359. The normalized spacial score (nSPS) is 19.9. The molecule has 20 heavy (non-hydrogen) atoms. The highest BCUT2D eigenvalue weighted by molar-refractivity contribution is 9.10. The molecule has 0 spiro atoms. The largest absolute Gasteiger partial charge is 0.337 e. The minimum Gasteiger partial charge on any atom is -0.337 e. The van der Waals surface area contributed by atoms with Crippen molar-refractivity contribution < 1.29 is 17.6 Å². The van der Waals surface area contributed by atoms with Gasteiger partial charge in [0.15, 0.2) is 0 Å². The van der Waals surface area contributed by atoms with Gasteiger partial charge in [-0.2, -0.15) is 0 Å². The van der Waals surface area contributed by atoms with Crippen LogP contribution in [0, 0.1) is 5.82 Å². The van der Waals surface area contributed by atoms with Crippen molar-refractivity contribution in [3.05, 3.63) is 34.1 Å². The standard InChI is InChI=1S/C12H14BrFN2O3S/c13-10-5-1-4-9(11(10)14)12(17)16-6-2-3-8(7-16)20(15,18)19/h1,4-5,8H,2-3,6-7H2,(H2,15,18,19). The fourth-order valence-electron chi connectivity index (χ4n) is 2.23. The molecule has 0 aliphatic carbocycles. The lowest BCUT2D eigenvalue weighted by molar-refractivity contribution is 0.0722. The van der Waals surface area contributed by atoms with Gasteiger partial charge in [-0.1, -0.05) is 6.07 Å². The van der Waals surface area contributed by atoms with Crippen LogP contribution in [0.3, 0.4) is 0 Å². The summed E-state index contributed by atoms with van der Waals surface area (Å²) in [5.41, 5.74) is -0.0746. The highest BCUT2D eigenvalue weighted by Gasteiger charge is 2.31. The lowest BCUT2D eigenvalue weighted by Crippen LogP contribution is -2.47. The lowest BCUT2D eigenvalue weighted by Gasteiger charge is -2.31. The highest BCUT2D eigenvalue weighted by atomic mass is 79.9. The van der Waals surface area contributed by atoms with Crippen LogP contribution in [0.15, 0.2) is 22.7 Å². The van der Waals surface area contributed by atoms with Crippen molar-refractivity contribution in [3.63, 3.8) is 0 Å². The predicted octanol–water partition coefficient (Wildman–Crippen LogP) is 1.48. The van der Waals surface area contributed by atoms with Gasteiger partial charge in [0.1, 0.15) is 5.82 Å². The fourth-order valence-corrected chi connectivity index (χ4v) is 3.48. The zero-order chi connectivity index (χ0) is 14.9. The Labute approximate surface area is 125 Å². The van der Waals surface area contributed by atoms with Crippen molar-refractivity contribution in [2.24, 2.45) is 5.14 Å². The molecule has 0 radical (unpaired) electrons. The van der Waals surface area contributed by atoms with E-state index in [2.05, 4.69) is 15.9 Å². The van der Waals surface area contributed by atoms with E-state index in [1.165, 1.54) is 17.0 Å². The number of halogens is 2. The summed E-state index contributed by atoms with van der Waals surface area (Å²) in [7, 11) is -3.69. The third-order valence-corrected chi connectivity index (χ3v) is 5.24. The van der Waals surface area contributed by atoms with Crippen molar-refractivity contribution >= 4 is 31.9 Å². The molecule has 2 N–H and O–H groups in total. The number of hydrogen-bond acceptors (Lipinski definition) is 3. The van der Waals surface area contributed by atoms with Crippen LogP contribution >= 0.6 is 15.9 Å². The van der Waals surface area contributed by atoms with Crippen LogP contribution in [-0.2, 0) is 10.0 Å². The molecular formula is C12H14BrFN2O3S. The van der Waals surface area contributed by atoms with Gasteiger partial charge in [0.2, 0.25) is 10.0 Å². The lowest BCUT2D eigenvalue weighted by atomic mass is 10.1. The highest BCUT2D eigenvalue weighted by Crippen LogP contribution is 2.22. The maximum Gasteiger partial charge on any atom is 0.256 e. The number of rotatable bonds is 2. The van der Waals surface area contributed by atoms with Crippen molar-refractivity contribution in [1.82, 2.24) is 4.90 Å². The molecule has 1 fully saturated rings. The van der Waals surface area contributed by atoms with Gasteiger partial charge in [-0.3, -0.25) is 4.79 Å². The molecule has 2 rings (SSSR count). The molecule has 110 valence electrons. The number of likely N-dealkylation sites (tertiary alicyclic amines) is 1. The summed E-state index contributed by atoms with van der Waals surface area (Å²) in [4.78, 5) is 13.6. The molecule has 1 aliphatic rings. The van der Waals surface area contributed by atoms with Gasteiger partial charge in [0.25, 0.3) is 5.91 Å². The van der Waals surface area contributed by atoms with Crippen LogP contribution in [0.4, 0.5) is 4.39 Å². The van der Waals surface area contributed by atoms with E-state index in [-0.39, 0.29) is 16.6 Å². The van der Waals surface area contributed by atoms with Gasteiger partial charge in [-0.15, -0.1) is 0 Å². The summed E-state index contributed by atoms with van der Waals surface area (Å²) in [5.74, 6) is -1.16.